The summed E-state index contributed by atoms with van der Waals surface area (Å²) >= 11 is 0. The van der Waals surface area contributed by atoms with Crippen LogP contribution in [0.4, 0.5) is 0 Å². The number of Topliss-reactive ketones (excluding diaryl/α,β-unsaturated/α-hetero) is 1. The Balaban J connectivity index is 2.25. The highest BCUT2D eigenvalue weighted by atomic mass is 16.1. The summed E-state index contributed by atoms with van der Waals surface area (Å²) in [6, 6.07) is 10.6. The van der Waals surface area contributed by atoms with Gasteiger partial charge in [0.15, 0.2) is 5.78 Å². The van der Waals surface area contributed by atoms with E-state index in [2.05, 4.69) is 31.2 Å². The van der Waals surface area contributed by atoms with Gasteiger partial charge in [-0.25, -0.2) is 0 Å². The van der Waals surface area contributed by atoms with E-state index in [-0.39, 0.29) is 11.2 Å². The molecule has 0 saturated heterocycles. The topological polar surface area (TPSA) is 17.1 Å². The number of hydrogen-bond donors (Lipinski definition) is 0. The lowest BCUT2D eigenvalue weighted by molar-refractivity contribution is 0.0835. The third-order valence-corrected chi connectivity index (χ3v) is 4.62. The van der Waals surface area contributed by atoms with Crippen LogP contribution in [0.3, 0.4) is 0 Å². The van der Waals surface area contributed by atoms with Gasteiger partial charge in [-0.3, -0.25) is 4.79 Å². The fraction of sp³-hybridized carbons (Fsp3) is 0.389. The van der Waals surface area contributed by atoms with Crippen molar-refractivity contribution in [2.75, 3.05) is 0 Å². The highest BCUT2D eigenvalue weighted by Crippen LogP contribution is 2.35. The molecule has 1 heteroatoms. The van der Waals surface area contributed by atoms with Crippen LogP contribution in [0.5, 0.6) is 0 Å². The molecule has 0 radical (unpaired) electrons. The average Bonchev–Trinajstić information content (AvgIpc) is 2.84. The Bertz CT molecular complexity index is 654. The van der Waals surface area contributed by atoms with Crippen LogP contribution in [0, 0.1) is 5.41 Å². The molecular weight excluding hydrogens is 232 g/mol. The van der Waals surface area contributed by atoms with Gasteiger partial charge >= 0.3 is 0 Å². The molecule has 0 spiro atoms. The van der Waals surface area contributed by atoms with Gasteiger partial charge in [0.25, 0.3) is 0 Å². The van der Waals surface area contributed by atoms with E-state index in [1.54, 1.807) is 0 Å². The Hall–Kier alpha value is -1.63. The first kappa shape index (κ1) is 12.4. The van der Waals surface area contributed by atoms with Crippen molar-refractivity contribution in [3.05, 3.63) is 47.0 Å². The smallest absolute Gasteiger partial charge is 0.169 e. The number of rotatable bonds is 3. The quantitative estimate of drug-likeness (QED) is 0.732. The number of carbonyl (C=O) groups excluding carboxylic acids is 1. The number of ketones is 1. The molecule has 0 amide bonds. The molecule has 0 fully saturated rings. The Labute approximate surface area is 114 Å². The van der Waals surface area contributed by atoms with Crippen molar-refractivity contribution < 1.29 is 4.79 Å². The van der Waals surface area contributed by atoms with Gasteiger partial charge in [0.1, 0.15) is 0 Å². The monoisotopic (exact) mass is 252 g/mol. The molecule has 0 bridgehead atoms. The van der Waals surface area contributed by atoms with Gasteiger partial charge in [-0.05, 0) is 41.2 Å². The third kappa shape index (κ3) is 1.80. The van der Waals surface area contributed by atoms with Gasteiger partial charge < -0.3 is 0 Å². The first-order chi connectivity index (χ1) is 9.04. The largest absolute Gasteiger partial charge is 0.294 e. The molecular formula is C18H20O. The lowest BCUT2D eigenvalue weighted by Crippen LogP contribution is -2.23. The summed E-state index contributed by atoms with van der Waals surface area (Å²) in [5.41, 5.74) is 3.42. The van der Waals surface area contributed by atoms with E-state index in [1.807, 2.05) is 19.9 Å². The summed E-state index contributed by atoms with van der Waals surface area (Å²) in [6.45, 7) is 6.16. The fourth-order valence-corrected chi connectivity index (χ4v) is 2.97. The normalized spacial score (nSPS) is 14.1. The molecule has 1 aliphatic carbocycles. The van der Waals surface area contributed by atoms with Crippen LogP contribution in [0.25, 0.3) is 10.8 Å². The fourth-order valence-electron chi connectivity index (χ4n) is 2.97. The number of benzene rings is 2. The Morgan fingerprint density at radius 3 is 2.47 bits per heavy atom. The SMILES string of the molecule is CCC(C)(C)C(=O)c1ccc2c3c(cccc13)CC2. The Kier molecular flexibility index (Phi) is 2.74. The maximum absolute atomic E-state index is 12.8. The molecule has 0 saturated carbocycles. The van der Waals surface area contributed by atoms with Gasteiger partial charge in [-0.2, -0.15) is 0 Å². The summed E-state index contributed by atoms with van der Waals surface area (Å²) < 4.78 is 0. The first-order valence-electron chi connectivity index (χ1n) is 7.13. The minimum absolute atomic E-state index is 0.269. The highest BCUT2D eigenvalue weighted by molar-refractivity contribution is 6.12. The molecule has 2 aromatic carbocycles. The molecule has 19 heavy (non-hydrogen) atoms. The van der Waals surface area contributed by atoms with Crippen LogP contribution in [-0.2, 0) is 12.8 Å². The summed E-state index contributed by atoms with van der Waals surface area (Å²) in [7, 11) is 0. The van der Waals surface area contributed by atoms with Crippen LogP contribution in [0.1, 0.15) is 48.7 Å². The summed E-state index contributed by atoms with van der Waals surface area (Å²) in [5, 5.41) is 2.49. The zero-order valence-electron chi connectivity index (χ0n) is 11.9. The number of hydrogen-bond acceptors (Lipinski definition) is 1. The van der Waals surface area contributed by atoms with Crippen LogP contribution >= 0.6 is 0 Å². The van der Waals surface area contributed by atoms with Gasteiger partial charge in [-0.15, -0.1) is 0 Å². The molecule has 0 aliphatic heterocycles. The van der Waals surface area contributed by atoms with Crippen LogP contribution in [-0.4, -0.2) is 5.78 Å². The van der Waals surface area contributed by atoms with E-state index in [0.717, 1.165) is 30.2 Å². The molecule has 98 valence electrons. The molecule has 0 heterocycles. The van der Waals surface area contributed by atoms with E-state index >= 15 is 0 Å². The molecule has 1 aliphatic rings. The second-order valence-electron chi connectivity index (χ2n) is 6.18. The molecule has 0 aromatic heterocycles. The first-order valence-corrected chi connectivity index (χ1v) is 7.13. The zero-order chi connectivity index (χ0) is 13.6. The average molecular weight is 252 g/mol. The van der Waals surface area contributed by atoms with E-state index < -0.39 is 0 Å². The molecule has 0 N–H and O–H groups in total. The summed E-state index contributed by atoms with van der Waals surface area (Å²) in [4.78, 5) is 12.8. The lowest BCUT2D eigenvalue weighted by atomic mass is 9.80. The maximum atomic E-state index is 12.8. The molecule has 2 aromatic rings. The van der Waals surface area contributed by atoms with Crippen molar-refractivity contribution in [1.82, 2.24) is 0 Å². The maximum Gasteiger partial charge on any atom is 0.169 e. The van der Waals surface area contributed by atoms with Crippen LogP contribution < -0.4 is 0 Å². The molecule has 1 nitrogen and oxygen atoms in total. The van der Waals surface area contributed by atoms with E-state index in [1.165, 1.54) is 16.5 Å². The molecule has 3 rings (SSSR count). The summed E-state index contributed by atoms with van der Waals surface area (Å²) in [5.74, 6) is 0.269. The summed E-state index contributed by atoms with van der Waals surface area (Å²) in [6.07, 6.45) is 3.09. The lowest BCUT2D eigenvalue weighted by Gasteiger charge is -2.22. The minimum Gasteiger partial charge on any atom is -0.294 e. The van der Waals surface area contributed by atoms with Gasteiger partial charge in [-0.1, -0.05) is 51.1 Å². The zero-order valence-corrected chi connectivity index (χ0v) is 11.9. The van der Waals surface area contributed by atoms with Crippen LogP contribution in [0.2, 0.25) is 0 Å². The molecule has 0 atom stereocenters. The number of carbonyl (C=O) groups is 1. The minimum atomic E-state index is -0.279. The van der Waals surface area contributed by atoms with Crippen molar-refractivity contribution in [3.8, 4) is 0 Å². The van der Waals surface area contributed by atoms with Crippen molar-refractivity contribution in [3.63, 3.8) is 0 Å². The Morgan fingerprint density at radius 2 is 1.79 bits per heavy atom. The predicted octanol–water partition coefficient (Wildman–Crippen LogP) is 4.56. The standard InChI is InChI=1S/C18H20O/c1-4-18(2,3)17(19)15-11-10-13-9-8-12-6-5-7-14(15)16(12)13/h5-7,10-11H,4,8-9H2,1-3H3. The highest BCUT2D eigenvalue weighted by Gasteiger charge is 2.28. The van der Waals surface area contributed by atoms with E-state index in [9.17, 15) is 4.79 Å². The van der Waals surface area contributed by atoms with Crippen molar-refractivity contribution >= 4 is 16.6 Å². The predicted molar refractivity (Wildman–Crippen MR) is 79.8 cm³/mol. The van der Waals surface area contributed by atoms with E-state index in [0.29, 0.717) is 0 Å². The van der Waals surface area contributed by atoms with Crippen molar-refractivity contribution in [2.45, 2.75) is 40.0 Å². The van der Waals surface area contributed by atoms with Gasteiger partial charge in [0.05, 0.1) is 0 Å². The Morgan fingerprint density at radius 1 is 1.11 bits per heavy atom. The number of aryl methyl sites for hydroxylation is 2. The van der Waals surface area contributed by atoms with Crippen LogP contribution in [0.15, 0.2) is 30.3 Å². The third-order valence-electron chi connectivity index (χ3n) is 4.62. The second kappa shape index (κ2) is 4.19. The second-order valence-corrected chi connectivity index (χ2v) is 6.18. The van der Waals surface area contributed by atoms with Gasteiger partial charge in [0.2, 0.25) is 0 Å². The van der Waals surface area contributed by atoms with Crippen molar-refractivity contribution in [2.24, 2.45) is 5.41 Å². The van der Waals surface area contributed by atoms with Gasteiger partial charge in [0, 0.05) is 11.0 Å². The van der Waals surface area contributed by atoms with E-state index in [4.69, 9.17) is 0 Å². The molecule has 0 unspecified atom stereocenters. The van der Waals surface area contributed by atoms with Crippen molar-refractivity contribution in [1.29, 1.82) is 0 Å².